The molecule has 1 fully saturated rings. The molecule has 0 radical (unpaired) electrons. The van der Waals surface area contributed by atoms with Gasteiger partial charge in [0.2, 0.25) is 0 Å². The molecule has 2 nitrogen and oxygen atoms in total. The number of likely N-dealkylation sites (tertiary alicyclic amines) is 1. The van der Waals surface area contributed by atoms with E-state index in [1.54, 1.807) is 0 Å². The van der Waals surface area contributed by atoms with Crippen LogP contribution in [0.25, 0.3) is 0 Å². The second kappa shape index (κ2) is 6.18. The molecule has 2 rings (SSSR count). The van der Waals surface area contributed by atoms with Crippen molar-refractivity contribution in [1.29, 1.82) is 0 Å². The normalized spacial score (nSPS) is 21.6. The number of benzene rings is 1. The average Bonchev–Trinajstić information content (AvgIpc) is 2.33. The molecule has 1 aliphatic rings. The van der Waals surface area contributed by atoms with Crippen LogP contribution in [0.15, 0.2) is 24.3 Å². The minimum absolute atomic E-state index is 0.694. The number of piperidine rings is 1. The minimum Gasteiger partial charge on any atom is -0.313 e. The summed E-state index contributed by atoms with van der Waals surface area (Å²) in [5, 5.41) is 3.57. The van der Waals surface area contributed by atoms with Crippen molar-refractivity contribution in [3.05, 3.63) is 35.4 Å². The molecule has 17 heavy (non-hydrogen) atoms. The van der Waals surface area contributed by atoms with Gasteiger partial charge in [-0.3, -0.25) is 4.90 Å². The summed E-state index contributed by atoms with van der Waals surface area (Å²) in [6, 6.07) is 9.62. The van der Waals surface area contributed by atoms with E-state index < -0.39 is 0 Å². The van der Waals surface area contributed by atoms with Crippen LogP contribution in [0.2, 0.25) is 0 Å². The maximum Gasteiger partial charge on any atom is 0.0234 e. The lowest BCUT2D eigenvalue weighted by Gasteiger charge is -2.33. The smallest absolute Gasteiger partial charge is 0.0234 e. The van der Waals surface area contributed by atoms with Crippen LogP contribution >= 0.6 is 0 Å². The molecule has 0 saturated carbocycles. The monoisotopic (exact) mass is 232 g/mol. The van der Waals surface area contributed by atoms with E-state index in [9.17, 15) is 0 Å². The van der Waals surface area contributed by atoms with E-state index in [0.717, 1.165) is 13.1 Å². The molecule has 1 atom stereocenters. The van der Waals surface area contributed by atoms with Crippen LogP contribution in [-0.2, 0) is 6.54 Å². The predicted octanol–water partition coefficient (Wildman–Crippen LogP) is 2.57. The molecular weight excluding hydrogens is 208 g/mol. The van der Waals surface area contributed by atoms with Crippen LogP contribution in [0.1, 0.15) is 30.9 Å². The van der Waals surface area contributed by atoms with Gasteiger partial charge in [-0.15, -0.1) is 0 Å². The fourth-order valence-electron chi connectivity index (χ4n) is 2.61. The van der Waals surface area contributed by atoms with E-state index in [1.165, 1.54) is 37.1 Å². The van der Waals surface area contributed by atoms with Crippen LogP contribution in [0.4, 0.5) is 0 Å². The van der Waals surface area contributed by atoms with E-state index >= 15 is 0 Å². The zero-order valence-electron chi connectivity index (χ0n) is 11.1. The molecule has 1 aromatic carbocycles. The first-order valence-corrected chi connectivity index (χ1v) is 6.79. The molecule has 2 heteroatoms. The summed E-state index contributed by atoms with van der Waals surface area (Å²) in [5.41, 5.74) is 2.78. The van der Waals surface area contributed by atoms with Gasteiger partial charge in [-0.2, -0.15) is 0 Å². The van der Waals surface area contributed by atoms with Gasteiger partial charge in [0.15, 0.2) is 0 Å². The van der Waals surface area contributed by atoms with Gasteiger partial charge in [-0.1, -0.05) is 36.8 Å². The quantitative estimate of drug-likeness (QED) is 0.858. The van der Waals surface area contributed by atoms with Crippen molar-refractivity contribution in [2.45, 2.75) is 39.3 Å². The van der Waals surface area contributed by atoms with E-state index in [-0.39, 0.29) is 0 Å². The fourth-order valence-corrected chi connectivity index (χ4v) is 2.61. The summed E-state index contributed by atoms with van der Waals surface area (Å²) in [5.74, 6) is 0. The van der Waals surface area contributed by atoms with Gasteiger partial charge in [0, 0.05) is 19.1 Å². The van der Waals surface area contributed by atoms with Crippen molar-refractivity contribution in [3.63, 3.8) is 0 Å². The highest BCUT2D eigenvalue weighted by molar-refractivity contribution is 5.21. The van der Waals surface area contributed by atoms with Gasteiger partial charge >= 0.3 is 0 Å². The minimum atomic E-state index is 0.694. The molecule has 1 unspecified atom stereocenters. The summed E-state index contributed by atoms with van der Waals surface area (Å²) in [4.78, 5) is 2.57. The Bertz CT molecular complexity index is 329. The number of hydrogen-bond donors (Lipinski definition) is 1. The van der Waals surface area contributed by atoms with Crippen molar-refractivity contribution in [2.24, 2.45) is 0 Å². The SMILES string of the molecule is CCNC1CCCN(Cc2ccc(C)cc2)C1. The summed E-state index contributed by atoms with van der Waals surface area (Å²) in [6.45, 7) is 8.97. The lowest BCUT2D eigenvalue weighted by Crippen LogP contribution is -2.45. The number of nitrogens with zero attached hydrogens (tertiary/aromatic N) is 1. The van der Waals surface area contributed by atoms with Crippen LogP contribution in [0, 0.1) is 6.92 Å². The Morgan fingerprint density at radius 2 is 2.06 bits per heavy atom. The van der Waals surface area contributed by atoms with Crippen molar-refractivity contribution < 1.29 is 0 Å². The number of nitrogens with one attached hydrogen (secondary N) is 1. The van der Waals surface area contributed by atoms with Gasteiger partial charge in [0.05, 0.1) is 0 Å². The molecule has 0 aliphatic carbocycles. The van der Waals surface area contributed by atoms with E-state index in [2.05, 4.69) is 48.3 Å². The number of aryl methyl sites for hydroxylation is 1. The fraction of sp³-hybridized carbons (Fsp3) is 0.600. The molecule has 0 spiro atoms. The summed E-state index contributed by atoms with van der Waals surface area (Å²) in [6.07, 6.45) is 2.65. The lowest BCUT2D eigenvalue weighted by molar-refractivity contribution is 0.184. The van der Waals surface area contributed by atoms with Crippen LogP contribution < -0.4 is 5.32 Å². The molecule has 0 aromatic heterocycles. The molecule has 1 N–H and O–H groups in total. The van der Waals surface area contributed by atoms with Gasteiger partial charge in [0.1, 0.15) is 0 Å². The summed E-state index contributed by atoms with van der Waals surface area (Å²) < 4.78 is 0. The summed E-state index contributed by atoms with van der Waals surface area (Å²) >= 11 is 0. The van der Waals surface area contributed by atoms with Crippen LogP contribution in [0.3, 0.4) is 0 Å². The highest BCUT2D eigenvalue weighted by atomic mass is 15.2. The van der Waals surface area contributed by atoms with Gasteiger partial charge in [-0.25, -0.2) is 0 Å². The van der Waals surface area contributed by atoms with Gasteiger partial charge < -0.3 is 5.32 Å². The lowest BCUT2D eigenvalue weighted by atomic mass is 10.0. The maximum atomic E-state index is 3.57. The third kappa shape index (κ3) is 3.83. The molecule has 1 aromatic rings. The Morgan fingerprint density at radius 3 is 2.76 bits per heavy atom. The van der Waals surface area contributed by atoms with Crippen LogP contribution in [0.5, 0.6) is 0 Å². The Hall–Kier alpha value is -0.860. The third-order valence-corrected chi connectivity index (χ3v) is 3.53. The summed E-state index contributed by atoms with van der Waals surface area (Å²) in [7, 11) is 0. The molecule has 1 saturated heterocycles. The molecule has 1 aliphatic heterocycles. The first-order valence-electron chi connectivity index (χ1n) is 6.79. The number of hydrogen-bond acceptors (Lipinski definition) is 2. The highest BCUT2D eigenvalue weighted by Gasteiger charge is 2.18. The average molecular weight is 232 g/mol. The van der Waals surface area contributed by atoms with Crippen LogP contribution in [-0.4, -0.2) is 30.6 Å². The first kappa shape index (κ1) is 12.6. The van der Waals surface area contributed by atoms with Crippen molar-refractivity contribution in [2.75, 3.05) is 19.6 Å². The maximum absolute atomic E-state index is 3.57. The standard InChI is InChI=1S/C15H24N2/c1-3-16-15-5-4-10-17(12-15)11-14-8-6-13(2)7-9-14/h6-9,15-16H,3-5,10-12H2,1-2H3. The molecule has 94 valence electrons. The Balaban J connectivity index is 1.87. The third-order valence-electron chi connectivity index (χ3n) is 3.53. The topological polar surface area (TPSA) is 15.3 Å². The van der Waals surface area contributed by atoms with E-state index in [4.69, 9.17) is 0 Å². The second-order valence-corrected chi connectivity index (χ2v) is 5.12. The van der Waals surface area contributed by atoms with Crippen molar-refractivity contribution in [1.82, 2.24) is 10.2 Å². The molecule has 0 amide bonds. The Morgan fingerprint density at radius 1 is 1.29 bits per heavy atom. The predicted molar refractivity (Wildman–Crippen MR) is 73.2 cm³/mol. The number of likely N-dealkylation sites (N-methyl/N-ethyl adjacent to an activating group) is 1. The zero-order valence-corrected chi connectivity index (χ0v) is 11.1. The van der Waals surface area contributed by atoms with Gasteiger partial charge in [-0.05, 0) is 38.4 Å². The van der Waals surface area contributed by atoms with Crippen molar-refractivity contribution in [3.8, 4) is 0 Å². The Kier molecular flexibility index (Phi) is 4.57. The molecular formula is C15H24N2. The number of rotatable bonds is 4. The van der Waals surface area contributed by atoms with E-state index in [0.29, 0.717) is 6.04 Å². The Labute approximate surface area is 105 Å². The zero-order chi connectivity index (χ0) is 12.1. The van der Waals surface area contributed by atoms with E-state index in [1.807, 2.05) is 0 Å². The highest BCUT2D eigenvalue weighted by Crippen LogP contribution is 2.14. The first-order chi connectivity index (χ1) is 8.28. The van der Waals surface area contributed by atoms with Gasteiger partial charge in [0.25, 0.3) is 0 Å². The largest absolute Gasteiger partial charge is 0.313 e. The molecule has 1 heterocycles. The second-order valence-electron chi connectivity index (χ2n) is 5.12. The van der Waals surface area contributed by atoms with Crippen molar-refractivity contribution >= 4 is 0 Å². The molecule has 0 bridgehead atoms.